The van der Waals surface area contributed by atoms with Crippen LogP contribution in [-0.2, 0) is 21.2 Å². The van der Waals surface area contributed by atoms with E-state index < -0.39 is 28.6 Å². The Labute approximate surface area is 119 Å². The number of primary amides is 1. The van der Waals surface area contributed by atoms with Gasteiger partial charge in [-0.1, -0.05) is 26.0 Å². The summed E-state index contributed by atoms with van der Waals surface area (Å²) in [5.41, 5.74) is 5.90. The average molecular weight is 300 g/mol. The van der Waals surface area contributed by atoms with E-state index in [2.05, 4.69) is 18.6 Å². The van der Waals surface area contributed by atoms with Gasteiger partial charge in [0.05, 0.1) is 4.90 Å². The van der Waals surface area contributed by atoms with Crippen molar-refractivity contribution in [3.8, 4) is 0 Å². The molecule has 1 unspecified atom stereocenters. The van der Waals surface area contributed by atoms with Crippen molar-refractivity contribution >= 4 is 15.9 Å². The lowest BCUT2D eigenvalue weighted by Gasteiger charge is -2.10. The molecule has 4 N–H and O–H groups in total. The summed E-state index contributed by atoms with van der Waals surface area (Å²) in [6.07, 6.45) is -0.668. The summed E-state index contributed by atoms with van der Waals surface area (Å²) in [7, 11) is -3.75. The highest BCUT2D eigenvalue weighted by molar-refractivity contribution is 7.89. The number of rotatable bonds is 7. The van der Waals surface area contributed by atoms with Crippen LogP contribution >= 0.6 is 0 Å². The molecule has 0 bridgehead atoms. The van der Waals surface area contributed by atoms with Crippen molar-refractivity contribution in [3.63, 3.8) is 0 Å². The highest BCUT2D eigenvalue weighted by Gasteiger charge is 2.18. The number of carbonyl (C=O) groups excluding carboxylic acids is 1. The minimum absolute atomic E-state index is 0.0849. The zero-order valence-corrected chi connectivity index (χ0v) is 12.4. The Morgan fingerprint density at radius 1 is 1.30 bits per heavy atom. The number of hydrogen-bond acceptors (Lipinski definition) is 4. The monoisotopic (exact) mass is 300 g/mol. The predicted molar refractivity (Wildman–Crippen MR) is 75.4 cm³/mol. The first-order valence-electron chi connectivity index (χ1n) is 6.28. The molecule has 0 aliphatic rings. The quantitative estimate of drug-likeness (QED) is 0.659. The second-order valence-electron chi connectivity index (χ2n) is 5.01. The van der Waals surface area contributed by atoms with E-state index >= 15 is 0 Å². The minimum atomic E-state index is -3.75. The molecule has 7 heteroatoms. The van der Waals surface area contributed by atoms with Gasteiger partial charge in [-0.15, -0.1) is 0 Å². The first-order chi connectivity index (χ1) is 9.22. The highest BCUT2D eigenvalue weighted by Crippen LogP contribution is 2.13. The molecular formula is C13H20N2O4S. The van der Waals surface area contributed by atoms with E-state index in [-0.39, 0.29) is 4.90 Å². The molecule has 0 aliphatic carbocycles. The fraction of sp³-hybridized carbons (Fsp3) is 0.462. The first kappa shape index (κ1) is 16.6. The number of aliphatic hydroxyl groups is 1. The predicted octanol–water partition coefficient (Wildman–Crippen LogP) is 0.00960. The molecule has 0 spiro atoms. The maximum Gasteiger partial charge on any atom is 0.247 e. The summed E-state index contributed by atoms with van der Waals surface area (Å²) in [6.45, 7) is 3.72. The van der Waals surface area contributed by atoms with E-state index in [1.54, 1.807) is 12.1 Å². The van der Waals surface area contributed by atoms with Gasteiger partial charge < -0.3 is 10.8 Å². The molecule has 1 atom stereocenters. The Morgan fingerprint density at radius 3 is 2.30 bits per heavy atom. The molecule has 6 nitrogen and oxygen atoms in total. The number of benzene rings is 1. The van der Waals surface area contributed by atoms with Crippen molar-refractivity contribution in [1.29, 1.82) is 0 Å². The molecule has 1 amide bonds. The fourth-order valence-corrected chi connectivity index (χ4v) is 2.69. The van der Waals surface area contributed by atoms with Gasteiger partial charge in [-0.25, -0.2) is 13.1 Å². The summed E-state index contributed by atoms with van der Waals surface area (Å²) in [6, 6.07) is 6.49. The van der Waals surface area contributed by atoms with Gasteiger partial charge in [0.15, 0.2) is 0 Å². The van der Waals surface area contributed by atoms with Crippen LogP contribution in [-0.4, -0.2) is 32.1 Å². The number of carbonyl (C=O) groups is 1. The maximum absolute atomic E-state index is 11.9. The van der Waals surface area contributed by atoms with E-state index in [4.69, 9.17) is 5.73 Å². The number of nitrogens with two attached hydrogens (primary N) is 1. The Hall–Kier alpha value is -1.44. The van der Waals surface area contributed by atoms with E-state index in [1.165, 1.54) is 12.1 Å². The molecule has 0 aromatic heterocycles. The smallest absolute Gasteiger partial charge is 0.247 e. The number of hydrogen-bond donors (Lipinski definition) is 3. The van der Waals surface area contributed by atoms with Crippen LogP contribution in [0.25, 0.3) is 0 Å². The van der Waals surface area contributed by atoms with Crippen LogP contribution in [0.1, 0.15) is 19.4 Å². The highest BCUT2D eigenvalue weighted by atomic mass is 32.2. The first-order valence-corrected chi connectivity index (χ1v) is 7.76. The molecule has 0 saturated heterocycles. The van der Waals surface area contributed by atoms with Gasteiger partial charge in [0.1, 0.15) is 6.10 Å². The third-order valence-corrected chi connectivity index (χ3v) is 4.11. The van der Waals surface area contributed by atoms with E-state index in [0.29, 0.717) is 5.92 Å². The Morgan fingerprint density at radius 2 is 1.85 bits per heavy atom. The number of amides is 1. The molecule has 0 aliphatic heterocycles. The van der Waals surface area contributed by atoms with Gasteiger partial charge in [0.25, 0.3) is 0 Å². The third-order valence-electron chi connectivity index (χ3n) is 2.67. The lowest BCUT2D eigenvalue weighted by Crippen LogP contribution is -2.39. The van der Waals surface area contributed by atoms with Crippen LogP contribution in [0, 0.1) is 5.92 Å². The van der Waals surface area contributed by atoms with Crippen molar-refractivity contribution in [2.75, 3.05) is 6.54 Å². The number of aliphatic hydroxyl groups excluding tert-OH is 1. The van der Waals surface area contributed by atoms with E-state index in [1.807, 2.05) is 0 Å². The van der Waals surface area contributed by atoms with Crippen LogP contribution < -0.4 is 10.5 Å². The molecule has 112 valence electrons. The normalized spacial score (nSPS) is 13.4. The van der Waals surface area contributed by atoms with Gasteiger partial charge in [-0.05, 0) is 30.0 Å². The average Bonchev–Trinajstić information content (AvgIpc) is 2.35. The summed E-state index contributed by atoms with van der Waals surface area (Å²) in [4.78, 5) is 10.7. The van der Waals surface area contributed by atoms with Crippen molar-refractivity contribution < 1.29 is 18.3 Å². The molecule has 0 heterocycles. The SMILES string of the molecule is CC(C)Cc1ccc(S(=O)(=O)NCC(O)C(N)=O)cc1. The summed E-state index contributed by atoms with van der Waals surface area (Å²) >= 11 is 0. The van der Waals surface area contributed by atoms with Gasteiger partial charge >= 0.3 is 0 Å². The summed E-state index contributed by atoms with van der Waals surface area (Å²) in [5, 5.41) is 9.18. The Balaban J connectivity index is 2.75. The van der Waals surface area contributed by atoms with Crippen LogP contribution in [0.15, 0.2) is 29.2 Å². The zero-order chi connectivity index (χ0) is 15.3. The summed E-state index contributed by atoms with van der Waals surface area (Å²) in [5.74, 6) is -0.485. The molecule has 0 radical (unpaired) electrons. The molecule has 1 aromatic carbocycles. The standard InChI is InChI=1S/C13H20N2O4S/c1-9(2)7-10-3-5-11(6-4-10)20(18,19)15-8-12(16)13(14)17/h3-6,9,12,15-16H,7-8H2,1-2H3,(H2,14,17). The van der Waals surface area contributed by atoms with E-state index in [9.17, 15) is 18.3 Å². The van der Waals surface area contributed by atoms with Gasteiger partial charge in [0.2, 0.25) is 15.9 Å². The maximum atomic E-state index is 11.9. The van der Waals surface area contributed by atoms with Crippen LogP contribution in [0.2, 0.25) is 0 Å². The van der Waals surface area contributed by atoms with E-state index in [0.717, 1.165) is 12.0 Å². The third kappa shape index (κ3) is 4.92. The van der Waals surface area contributed by atoms with Crippen molar-refractivity contribution in [2.45, 2.75) is 31.3 Å². The van der Waals surface area contributed by atoms with Gasteiger partial charge in [0, 0.05) is 6.54 Å². The second-order valence-corrected chi connectivity index (χ2v) is 6.78. The molecule has 20 heavy (non-hydrogen) atoms. The lowest BCUT2D eigenvalue weighted by molar-refractivity contribution is -0.125. The van der Waals surface area contributed by atoms with Gasteiger partial charge in [-0.2, -0.15) is 0 Å². The lowest BCUT2D eigenvalue weighted by atomic mass is 10.0. The Kier molecular flexibility index (Phi) is 5.67. The van der Waals surface area contributed by atoms with Crippen molar-refractivity contribution in [3.05, 3.63) is 29.8 Å². The van der Waals surface area contributed by atoms with Crippen LogP contribution in [0.3, 0.4) is 0 Å². The van der Waals surface area contributed by atoms with Gasteiger partial charge in [-0.3, -0.25) is 4.79 Å². The second kappa shape index (κ2) is 6.83. The fourth-order valence-electron chi connectivity index (χ4n) is 1.65. The largest absolute Gasteiger partial charge is 0.382 e. The van der Waals surface area contributed by atoms with Crippen LogP contribution in [0.4, 0.5) is 0 Å². The molecule has 0 fully saturated rings. The topological polar surface area (TPSA) is 109 Å². The minimum Gasteiger partial charge on any atom is -0.382 e. The van der Waals surface area contributed by atoms with Crippen molar-refractivity contribution in [1.82, 2.24) is 4.72 Å². The molecule has 1 aromatic rings. The number of sulfonamides is 1. The zero-order valence-electron chi connectivity index (χ0n) is 11.5. The van der Waals surface area contributed by atoms with Crippen LogP contribution in [0.5, 0.6) is 0 Å². The molecule has 1 rings (SSSR count). The molecule has 0 saturated carbocycles. The molecular weight excluding hydrogens is 280 g/mol. The summed E-state index contributed by atoms with van der Waals surface area (Å²) < 4.78 is 26.0. The van der Waals surface area contributed by atoms with Crippen molar-refractivity contribution in [2.24, 2.45) is 11.7 Å². The number of nitrogens with one attached hydrogen (secondary N) is 1. The Bertz CT molecular complexity index is 552.